The minimum Gasteiger partial charge on any atom is -0.501 e. The summed E-state index contributed by atoms with van der Waals surface area (Å²) < 4.78 is 5.80. The maximum absolute atomic E-state index is 5.80. The fourth-order valence-electron chi connectivity index (χ4n) is 2.62. The molecular formula is C21H28O. The molecule has 0 aromatic heterocycles. The topological polar surface area (TPSA) is 9.23 Å². The lowest BCUT2D eigenvalue weighted by molar-refractivity contribution is 0.248. The molecule has 0 atom stereocenters. The number of benzene rings is 1. The fraction of sp³-hybridized carbons (Fsp3) is 0.429. The molecule has 1 heteroatoms. The Hall–Kier alpha value is -1.76. The van der Waals surface area contributed by atoms with E-state index in [1.54, 1.807) is 0 Å². The summed E-state index contributed by atoms with van der Waals surface area (Å²) in [7, 11) is 0. The van der Waals surface area contributed by atoms with Crippen LogP contribution in [-0.2, 0) is 11.2 Å². The summed E-state index contributed by atoms with van der Waals surface area (Å²) in [5.41, 5.74) is 2.79. The van der Waals surface area contributed by atoms with Crippen LogP contribution in [0.2, 0.25) is 0 Å². The van der Waals surface area contributed by atoms with E-state index in [-0.39, 0.29) is 0 Å². The van der Waals surface area contributed by atoms with Gasteiger partial charge in [-0.05, 0) is 56.1 Å². The van der Waals surface area contributed by atoms with Gasteiger partial charge in [-0.2, -0.15) is 0 Å². The molecule has 0 unspecified atom stereocenters. The van der Waals surface area contributed by atoms with Gasteiger partial charge in [0.2, 0.25) is 0 Å². The highest BCUT2D eigenvalue weighted by atomic mass is 16.5. The van der Waals surface area contributed by atoms with E-state index in [0.717, 1.165) is 32.3 Å². The van der Waals surface area contributed by atoms with Gasteiger partial charge in [-0.15, -0.1) is 0 Å². The van der Waals surface area contributed by atoms with Crippen molar-refractivity contribution in [1.82, 2.24) is 0 Å². The normalized spacial score (nSPS) is 21.5. The number of hydrogen-bond donors (Lipinski definition) is 0. The summed E-state index contributed by atoms with van der Waals surface area (Å²) in [5, 5.41) is 0. The maximum atomic E-state index is 5.80. The molecular weight excluding hydrogens is 268 g/mol. The van der Waals surface area contributed by atoms with Gasteiger partial charge in [0, 0.05) is 6.42 Å². The van der Waals surface area contributed by atoms with Crippen LogP contribution in [0.25, 0.3) is 0 Å². The van der Waals surface area contributed by atoms with Crippen LogP contribution in [0.3, 0.4) is 0 Å². The van der Waals surface area contributed by atoms with Crippen molar-refractivity contribution >= 4 is 0 Å². The first-order valence-electron chi connectivity index (χ1n) is 8.58. The first-order chi connectivity index (χ1) is 10.9. The van der Waals surface area contributed by atoms with Crippen molar-refractivity contribution < 1.29 is 4.74 Å². The van der Waals surface area contributed by atoms with Gasteiger partial charge in [-0.3, -0.25) is 0 Å². The molecule has 1 aromatic rings. The zero-order chi connectivity index (χ0) is 15.3. The van der Waals surface area contributed by atoms with E-state index >= 15 is 0 Å². The molecule has 118 valence electrons. The van der Waals surface area contributed by atoms with Gasteiger partial charge < -0.3 is 4.74 Å². The molecule has 1 aliphatic rings. The van der Waals surface area contributed by atoms with Crippen LogP contribution in [0.15, 0.2) is 66.5 Å². The van der Waals surface area contributed by atoms with Gasteiger partial charge in [0.25, 0.3) is 0 Å². The molecule has 0 spiro atoms. The molecule has 0 saturated carbocycles. The van der Waals surface area contributed by atoms with Crippen LogP contribution in [-0.4, -0.2) is 6.61 Å². The molecule has 0 N–H and O–H groups in total. The molecule has 0 heterocycles. The number of allylic oxidation sites excluding steroid dienone is 5. The highest BCUT2D eigenvalue weighted by Crippen LogP contribution is 2.16. The summed E-state index contributed by atoms with van der Waals surface area (Å²) in [5.74, 6) is 0. The summed E-state index contributed by atoms with van der Waals surface area (Å²) in [6.45, 7) is 0.767. The highest BCUT2D eigenvalue weighted by Gasteiger charge is 1.99. The maximum Gasteiger partial charge on any atom is 0.0913 e. The molecule has 0 bridgehead atoms. The second-order valence-corrected chi connectivity index (χ2v) is 5.83. The van der Waals surface area contributed by atoms with Gasteiger partial charge >= 0.3 is 0 Å². The lowest BCUT2D eigenvalue weighted by Gasteiger charge is -2.08. The predicted octanol–water partition coefficient (Wildman–Crippen LogP) is 5.99. The van der Waals surface area contributed by atoms with Crippen LogP contribution in [0, 0.1) is 0 Å². The first-order valence-corrected chi connectivity index (χ1v) is 8.58. The minimum absolute atomic E-state index is 0.767. The molecule has 0 aliphatic heterocycles. The number of hydrogen-bond acceptors (Lipinski definition) is 1. The third-order valence-electron chi connectivity index (χ3n) is 3.94. The Balaban J connectivity index is 1.76. The van der Waals surface area contributed by atoms with Crippen LogP contribution in [0.4, 0.5) is 0 Å². The first kappa shape index (κ1) is 16.6. The van der Waals surface area contributed by atoms with Crippen molar-refractivity contribution in [2.75, 3.05) is 6.61 Å². The van der Waals surface area contributed by atoms with E-state index in [2.05, 4.69) is 54.6 Å². The average molecular weight is 296 g/mol. The molecule has 0 fully saturated rings. The summed E-state index contributed by atoms with van der Waals surface area (Å²) in [6, 6.07) is 10.5. The highest BCUT2D eigenvalue weighted by molar-refractivity contribution is 5.14. The van der Waals surface area contributed by atoms with Crippen molar-refractivity contribution in [3.63, 3.8) is 0 Å². The number of ether oxygens (including phenoxy) is 1. The zero-order valence-corrected chi connectivity index (χ0v) is 13.5. The van der Waals surface area contributed by atoms with Gasteiger partial charge in [0.15, 0.2) is 0 Å². The monoisotopic (exact) mass is 296 g/mol. The van der Waals surface area contributed by atoms with Crippen LogP contribution < -0.4 is 0 Å². The molecule has 2 rings (SSSR count). The van der Waals surface area contributed by atoms with Crippen molar-refractivity contribution in [2.45, 2.75) is 51.4 Å². The molecule has 1 aromatic carbocycles. The van der Waals surface area contributed by atoms with Gasteiger partial charge in [0.05, 0.1) is 12.9 Å². The summed E-state index contributed by atoms with van der Waals surface area (Å²) >= 11 is 0. The fourth-order valence-corrected chi connectivity index (χ4v) is 2.62. The Kier molecular flexibility index (Phi) is 8.22. The summed E-state index contributed by atoms with van der Waals surface area (Å²) in [4.78, 5) is 0. The van der Waals surface area contributed by atoms with Crippen molar-refractivity contribution in [3.8, 4) is 0 Å². The lowest BCUT2D eigenvalue weighted by Crippen LogP contribution is -1.95. The standard InChI is InChI=1S/C21H28O/c1-2-4-6-9-15-21(16-10-7-5-3-1)19-22-18-17-20-13-11-8-12-14-20/h2,4-5,7-8,11-14,19H,1,3,6,9-10,15-18H2/b4-2-,7-5-,21-19?. The smallest absolute Gasteiger partial charge is 0.0913 e. The zero-order valence-electron chi connectivity index (χ0n) is 13.5. The van der Waals surface area contributed by atoms with Crippen LogP contribution in [0.1, 0.15) is 50.5 Å². The Morgan fingerprint density at radius 3 is 2.36 bits per heavy atom. The Morgan fingerprint density at radius 2 is 1.55 bits per heavy atom. The van der Waals surface area contributed by atoms with E-state index in [1.807, 2.05) is 6.26 Å². The quantitative estimate of drug-likeness (QED) is 0.377. The summed E-state index contributed by atoms with van der Waals surface area (Å²) in [6.07, 6.45) is 20.4. The SMILES string of the molecule is C(OCCc1ccccc1)=C1CC/C=C\CC/C=C\CCC1. The van der Waals surface area contributed by atoms with E-state index in [4.69, 9.17) is 4.74 Å². The third kappa shape index (κ3) is 7.31. The van der Waals surface area contributed by atoms with Crippen molar-refractivity contribution in [3.05, 3.63) is 72.0 Å². The molecule has 22 heavy (non-hydrogen) atoms. The van der Waals surface area contributed by atoms with E-state index < -0.39 is 0 Å². The van der Waals surface area contributed by atoms with Gasteiger partial charge in [-0.1, -0.05) is 54.6 Å². The van der Waals surface area contributed by atoms with E-state index in [1.165, 1.54) is 36.8 Å². The van der Waals surface area contributed by atoms with Gasteiger partial charge in [0.1, 0.15) is 0 Å². The lowest BCUT2D eigenvalue weighted by atomic mass is 10.0. The second-order valence-electron chi connectivity index (χ2n) is 5.83. The van der Waals surface area contributed by atoms with Crippen molar-refractivity contribution in [2.24, 2.45) is 0 Å². The van der Waals surface area contributed by atoms with E-state index in [0.29, 0.717) is 0 Å². The molecule has 1 aliphatic carbocycles. The number of rotatable bonds is 4. The molecule has 1 nitrogen and oxygen atoms in total. The average Bonchev–Trinajstić information content (AvgIpc) is 2.54. The minimum atomic E-state index is 0.767. The van der Waals surface area contributed by atoms with Gasteiger partial charge in [-0.25, -0.2) is 0 Å². The third-order valence-corrected chi connectivity index (χ3v) is 3.94. The Bertz CT molecular complexity index is 482. The Labute approximate surface area is 135 Å². The van der Waals surface area contributed by atoms with Crippen LogP contribution in [0.5, 0.6) is 0 Å². The largest absolute Gasteiger partial charge is 0.501 e. The molecule has 0 radical (unpaired) electrons. The van der Waals surface area contributed by atoms with Crippen molar-refractivity contribution in [1.29, 1.82) is 0 Å². The predicted molar refractivity (Wildman–Crippen MR) is 94.8 cm³/mol. The second kappa shape index (κ2) is 10.9. The molecule has 0 saturated heterocycles. The molecule has 0 amide bonds. The van der Waals surface area contributed by atoms with E-state index in [9.17, 15) is 0 Å². The van der Waals surface area contributed by atoms with Crippen LogP contribution >= 0.6 is 0 Å². The Morgan fingerprint density at radius 1 is 0.818 bits per heavy atom.